The van der Waals surface area contributed by atoms with Gasteiger partial charge >= 0.3 is 5.97 Å². The van der Waals surface area contributed by atoms with Gasteiger partial charge in [0, 0.05) is 11.6 Å². The number of hydrogen-bond acceptors (Lipinski definition) is 4. The highest BCUT2D eigenvalue weighted by Gasteiger charge is 2.15. The van der Waals surface area contributed by atoms with E-state index in [1.165, 1.54) is 0 Å². The fraction of sp³-hybridized carbons (Fsp3) is 0.417. The molecule has 0 saturated carbocycles. The molecule has 0 aliphatic heterocycles. The molecule has 0 amide bonds. The number of esters is 1. The molecular formula is C12H18ClNO3. The van der Waals surface area contributed by atoms with Crippen molar-refractivity contribution in [3.8, 4) is 5.75 Å². The minimum Gasteiger partial charge on any atom is -0.508 e. The summed E-state index contributed by atoms with van der Waals surface area (Å²) in [5.41, 5.74) is 7.33. The predicted octanol–water partition coefficient (Wildman–Crippen LogP) is 2.08. The number of ether oxygens (including phenoxy) is 1. The lowest BCUT2D eigenvalue weighted by Crippen LogP contribution is -2.17. The second-order valence-electron chi connectivity index (χ2n) is 3.68. The molecular weight excluding hydrogens is 242 g/mol. The number of hydrogen-bond donors (Lipinski definition) is 2. The number of aryl methyl sites for hydroxylation is 1. The maximum absolute atomic E-state index is 11.2. The zero-order valence-electron chi connectivity index (χ0n) is 9.97. The van der Waals surface area contributed by atoms with Gasteiger partial charge < -0.3 is 15.6 Å². The number of nitrogens with two attached hydrogens (primary N) is 1. The maximum atomic E-state index is 11.2. The Bertz CT molecular complexity index is 382. The minimum atomic E-state index is -0.528. The average molecular weight is 260 g/mol. The molecule has 3 N–H and O–H groups in total. The first-order chi connectivity index (χ1) is 7.54. The van der Waals surface area contributed by atoms with Gasteiger partial charge in [-0.3, -0.25) is 4.79 Å². The molecule has 17 heavy (non-hydrogen) atoms. The Morgan fingerprint density at radius 1 is 1.53 bits per heavy atom. The molecule has 1 rings (SSSR count). The maximum Gasteiger partial charge on any atom is 0.307 e. The lowest BCUT2D eigenvalue weighted by Gasteiger charge is -2.13. The molecule has 4 nitrogen and oxygen atoms in total. The van der Waals surface area contributed by atoms with Gasteiger partial charge in [0.25, 0.3) is 0 Å². The fourth-order valence-electron chi connectivity index (χ4n) is 1.48. The minimum absolute atomic E-state index is 0. The molecule has 0 radical (unpaired) electrons. The van der Waals surface area contributed by atoms with Crippen LogP contribution in [0.15, 0.2) is 18.2 Å². The molecule has 0 saturated heterocycles. The van der Waals surface area contributed by atoms with E-state index in [1.807, 2.05) is 13.0 Å². The second kappa shape index (κ2) is 7.14. The molecule has 1 aromatic carbocycles. The van der Waals surface area contributed by atoms with E-state index in [0.717, 1.165) is 5.56 Å². The molecule has 1 aromatic rings. The number of carbonyl (C=O) groups excluding carboxylic acids is 1. The lowest BCUT2D eigenvalue weighted by molar-refractivity contribution is -0.143. The monoisotopic (exact) mass is 259 g/mol. The van der Waals surface area contributed by atoms with E-state index in [1.54, 1.807) is 19.1 Å². The van der Waals surface area contributed by atoms with Crippen LogP contribution in [0.1, 0.15) is 30.5 Å². The van der Waals surface area contributed by atoms with Crippen LogP contribution in [0.25, 0.3) is 0 Å². The van der Waals surface area contributed by atoms with Crippen molar-refractivity contribution in [1.29, 1.82) is 0 Å². The van der Waals surface area contributed by atoms with Crippen LogP contribution in [0.5, 0.6) is 5.75 Å². The Kier molecular flexibility index (Phi) is 6.61. The summed E-state index contributed by atoms with van der Waals surface area (Å²) in [7, 11) is 0. The topological polar surface area (TPSA) is 72.5 Å². The van der Waals surface area contributed by atoms with Gasteiger partial charge in [0.15, 0.2) is 0 Å². The summed E-state index contributed by atoms with van der Waals surface area (Å²) in [6.45, 7) is 3.96. The van der Waals surface area contributed by atoms with E-state index in [-0.39, 0.29) is 30.5 Å². The standard InChI is InChI=1S/C12H17NO3.ClH/c1-3-16-12(15)7-10(13)9-5-4-8(2)6-11(9)14;/h4-6,10,14H,3,7,13H2,1-2H3;1H/t10-;/m1./s1. The van der Waals surface area contributed by atoms with Gasteiger partial charge in [-0.15, -0.1) is 12.4 Å². The SMILES string of the molecule is CCOC(=O)C[C@@H](N)c1ccc(C)cc1O.Cl. The Labute approximate surface area is 107 Å². The molecule has 1 atom stereocenters. The second-order valence-corrected chi connectivity index (χ2v) is 3.68. The summed E-state index contributed by atoms with van der Waals surface area (Å²) in [4.78, 5) is 11.2. The summed E-state index contributed by atoms with van der Waals surface area (Å²) < 4.78 is 4.80. The summed E-state index contributed by atoms with van der Waals surface area (Å²) in [5, 5.41) is 9.67. The van der Waals surface area contributed by atoms with Crippen LogP contribution < -0.4 is 5.73 Å². The number of aromatic hydroxyl groups is 1. The highest BCUT2D eigenvalue weighted by molar-refractivity contribution is 5.85. The number of phenols is 1. The number of carbonyl (C=O) groups is 1. The van der Waals surface area contributed by atoms with Gasteiger partial charge in [-0.2, -0.15) is 0 Å². The molecule has 0 heterocycles. The third-order valence-corrected chi connectivity index (χ3v) is 2.28. The third kappa shape index (κ3) is 4.63. The first-order valence-corrected chi connectivity index (χ1v) is 5.25. The summed E-state index contributed by atoms with van der Waals surface area (Å²) in [6, 6.07) is 4.68. The van der Waals surface area contributed by atoms with E-state index in [4.69, 9.17) is 10.5 Å². The predicted molar refractivity (Wildman–Crippen MR) is 68.3 cm³/mol. The highest BCUT2D eigenvalue weighted by atomic mass is 35.5. The van der Waals surface area contributed by atoms with Crippen molar-refractivity contribution in [3.05, 3.63) is 29.3 Å². The Morgan fingerprint density at radius 2 is 2.18 bits per heavy atom. The highest BCUT2D eigenvalue weighted by Crippen LogP contribution is 2.25. The molecule has 0 aliphatic rings. The molecule has 0 fully saturated rings. The van der Waals surface area contributed by atoms with E-state index in [2.05, 4.69) is 0 Å². The fourth-order valence-corrected chi connectivity index (χ4v) is 1.48. The van der Waals surface area contributed by atoms with Crippen molar-refractivity contribution in [2.45, 2.75) is 26.3 Å². The van der Waals surface area contributed by atoms with Gasteiger partial charge in [-0.05, 0) is 25.5 Å². The molecule has 96 valence electrons. The Balaban J connectivity index is 0.00000256. The molecule has 0 aliphatic carbocycles. The summed E-state index contributed by atoms with van der Waals surface area (Å²) in [5.74, 6) is -0.230. The van der Waals surface area contributed by atoms with Gasteiger partial charge in [-0.1, -0.05) is 12.1 Å². The molecule has 5 heteroatoms. The van der Waals surface area contributed by atoms with E-state index < -0.39 is 6.04 Å². The molecule has 0 spiro atoms. The normalized spacial score (nSPS) is 11.5. The summed E-state index contributed by atoms with van der Waals surface area (Å²) >= 11 is 0. The van der Waals surface area contributed by atoms with E-state index in [0.29, 0.717) is 12.2 Å². The van der Waals surface area contributed by atoms with Crippen molar-refractivity contribution in [2.75, 3.05) is 6.61 Å². The van der Waals surface area contributed by atoms with E-state index in [9.17, 15) is 9.90 Å². The smallest absolute Gasteiger partial charge is 0.307 e. The van der Waals surface area contributed by atoms with Crippen molar-refractivity contribution in [2.24, 2.45) is 5.73 Å². The van der Waals surface area contributed by atoms with Crippen LogP contribution >= 0.6 is 12.4 Å². The summed E-state index contributed by atoms with van der Waals surface area (Å²) in [6.07, 6.45) is 0.0739. The van der Waals surface area contributed by atoms with Crippen molar-refractivity contribution in [3.63, 3.8) is 0 Å². The van der Waals surface area contributed by atoms with Gasteiger partial charge in [0.1, 0.15) is 5.75 Å². The molecule has 0 bridgehead atoms. The Morgan fingerprint density at radius 3 is 2.71 bits per heavy atom. The average Bonchev–Trinajstić information content (AvgIpc) is 2.17. The Hall–Kier alpha value is -1.26. The number of halogens is 1. The zero-order chi connectivity index (χ0) is 12.1. The number of phenolic OH excluding ortho intramolecular Hbond substituents is 1. The first-order valence-electron chi connectivity index (χ1n) is 5.25. The van der Waals surface area contributed by atoms with Crippen LogP contribution in [-0.4, -0.2) is 17.7 Å². The van der Waals surface area contributed by atoms with Gasteiger partial charge in [0.2, 0.25) is 0 Å². The van der Waals surface area contributed by atoms with Gasteiger partial charge in [0.05, 0.1) is 13.0 Å². The van der Waals surface area contributed by atoms with Crippen molar-refractivity contribution < 1.29 is 14.6 Å². The zero-order valence-corrected chi connectivity index (χ0v) is 10.8. The van der Waals surface area contributed by atoms with Gasteiger partial charge in [-0.25, -0.2) is 0 Å². The quantitative estimate of drug-likeness (QED) is 0.812. The van der Waals surface area contributed by atoms with Crippen molar-refractivity contribution in [1.82, 2.24) is 0 Å². The molecule has 0 aromatic heterocycles. The van der Waals surface area contributed by atoms with Crippen LogP contribution in [-0.2, 0) is 9.53 Å². The lowest BCUT2D eigenvalue weighted by atomic mass is 10.0. The number of rotatable bonds is 4. The number of benzene rings is 1. The van der Waals surface area contributed by atoms with Crippen LogP contribution in [0.3, 0.4) is 0 Å². The van der Waals surface area contributed by atoms with Crippen LogP contribution in [0.4, 0.5) is 0 Å². The van der Waals surface area contributed by atoms with Crippen molar-refractivity contribution >= 4 is 18.4 Å². The third-order valence-electron chi connectivity index (χ3n) is 2.28. The molecule has 0 unspecified atom stereocenters. The first kappa shape index (κ1) is 15.7. The largest absolute Gasteiger partial charge is 0.508 e. The van der Waals surface area contributed by atoms with Crippen LogP contribution in [0.2, 0.25) is 0 Å². The van der Waals surface area contributed by atoms with E-state index >= 15 is 0 Å². The van der Waals surface area contributed by atoms with Crippen LogP contribution in [0, 0.1) is 6.92 Å².